The number of carbonyl (C=O) groups is 2. The van der Waals surface area contributed by atoms with E-state index in [2.05, 4.69) is 28.2 Å². The number of nitrogens with zero attached hydrogens (tertiary/aromatic N) is 1. The fourth-order valence-corrected chi connectivity index (χ4v) is 5.46. The van der Waals surface area contributed by atoms with E-state index >= 15 is 0 Å². The standard InChI is InChI=1S/C28H37BrN2O4/c1-3-5-6-10-18-31-25(33)15-16-28(21-11-8-7-9-12-21,27(34)30-17-19-35-4-2)26(31)23-20-22(29)13-14-24(23)32/h7-9,11-14,20,26,32H,3-6,10,15-19H2,1-2H3,(H,30,34). The fraction of sp³-hybridized carbons (Fsp3) is 0.500. The number of hydrogen-bond donors (Lipinski definition) is 2. The van der Waals surface area contributed by atoms with Crippen molar-refractivity contribution in [2.75, 3.05) is 26.3 Å². The van der Waals surface area contributed by atoms with Gasteiger partial charge in [0, 0.05) is 36.2 Å². The molecule has 6 nitrogen and oxygen atoms in total. The van der Waals surface area contributed by atoms with Gasteiger partial charge in [0.15, 0.2) is 0 Å². The Morgan fingerprint density at radius 1 is 1.17 bits per heavy atom. The first kappa shape index (κ1) is 27.2. The first-order valence-corrected chi connectivity index (χ1v) is 13.4. The predicted molar refractivity (Wildman–Crippen MR) is 141 cm³/mol. The van der Waals surface area contributed by atoms with E-state index in [4.69, 9.17) is 4.74 Å². The third-order valence-corrected chi connectivity index (χ3v) is 7.29. The van der Waals surface area contributed by atoms with E-state index in [0.717, 1.165) is 35.7 Å². The summed E-state index contributed by atoms with van der Waals surface area (Å²) in [7, 11) is 0. The van der Waals surface area contributed by atoms with Crippen LogP contribution in [0.2, 0.25) is 0 Å². The molecule has 190 valence electrons. The van der Waals surface area contributed by atoms with E-state index in [-0.39, 0.29) is 24.0 Å². The predicted octanol–water partition coefficient (Wildman–Crippen LogP) is 5.49. The molecule has 1 aliphatic heterocycles. The van der Waals surface area contributed by atoms with Crippen molar-refractivity contribution in [2.24, 2.45) is 0 Å². The van der Waals surface area contributed by atoms with Gasteiger partial charge in [-0.05, 0) is 43.5 Å². The Bertz CT molecular complexity index is 984. The molecular weight excluding hydrogens is 508 g/mol. The lowest BCUT2D eigenvalue weighted by molar-refractivity contribution is -0.146. The monoisotopic (exact) mass is 544 g/mol. The number of aromatic hydroxyl groups is 1. The Hall–Kier alpha value is -2.38. The van der Waals surface area contributed by atoms with Crippen molar-refractivity contribution in [3.8, 4) is 5.75 Å². The zero-order valence-electron chi connectivity index (χ0n) is 20.8. The maximum absolute atomic E-state index is 14.1. The van der Waals surface area contributed by atoms with Crippen molar-refractivity contribution >= 4 is 27.7 Å². The molecule has 0 aliphatic carbocycles. The highest BCUT2D eigenvalue weighted by atomic mass is 79.9. The third-order valence-electron chi connectivity index (χ3n) is 6.80. The maximum Gasteiger partial charge on any atom is 0.233 e. The quantitative estimate of drug-likeness (QED) is 0.346. The fourth-order valence-electron chi connectivity index (χ4n) is 5.08. The minimum absolute atomic E-state index is 0.0135. The molecule has 1 aliphatic rings. The van der Waals surface area contributed by atoms with Gasteiger partial charge >= 0.3 is 0 Å². The van der Waals surface area contributed by atoms with Crippen LogP contribution in [0.3, 0.4) is 0 Å². The van der Waals surface area contributed by atoms with Crippen LogP contribution >= 0.6 is 15.9 Å². The first-order chi connectivity index (χ1) is 17.0. The lowest BCUT2D eigenvalue weighted by Crippen LogP contribution is -2.58. The molecule has 2 atom stereocenters. The normalized spacial score (nSPS) is 20.1. The summed E-state index contributed by atoms with van der Waals surface area (Å²) in [6.45, 7) is 5.98. The lowest BCUT2D eigenvalue weighted by atomic mass is 9.65. The Labute approximate surface area is 217 Å². The number of likely N-dealkylation sites (tertiary alicyclic amines) is 1. The second kappa shape index (κ2) is 13.1. The van der Waals surface area contributed by atoms with Crippen molar-refractivity contribution in [3.63, 3.8) is 0 Å². The smallest absolute Gasteiger partial charge is 0.233 e. The minimum Gasteiger partial charge on any atom is -0.508 e. The number of piperidine rings is 1. The Kier molecular flexibility index (Phi) is 10.2. The summed E-state index contributed by atoms with van der Waals surface area (Å²) >= 11 is 3.53. The van der Waals surface area contributed by atoms with Crippen LogP contribution in [0.15, 0.2) is 53.0 Å². The highest BCUT2D eigenvalue weighted by Crippen LogP contribution is 2.51. The minimum atomic E-state index is -1.05. The molecule has 2 unspecified atom stereocenters. The van der Waals surface area contributed by atoms with Crippen LogP contribution in [-0.4, -0.2) is 48.1 Å². The van der Waals surface area contributed by atoms with Crippen molar-refractivity contribution in [1.82, 2.24) is 10.2 Å². The first-order valence-electron chi connectivity index (χ1n) is 12.6. The zero-order chi connectivity index (χ0) is 25.3. The molecule has 0 radical (unpaired) electrons. The maximum atomic E-state index is 14.1. The number of nitrogens with one attached hydrogen (secondary N) is 1. The Balaban J connectivity index is 2.14. The second-order valence-electron chi connectivity index (χ2n) is 9.04. The van der Waals surface area contributed by atoms with Gasteiger partial charge in [-0.1, -0.05) is 72.4 Å². The van der Waals surface area contributed by atoms with Gasteiger partial charge in [-0.25, -0.2) is 0 Å². The van der Waals surface area contributed by atoms with Gasteiger partial charge in [0.2, 0.25) is 11.8 Å². The van der Waals surface area contributed by atoms with Gasteiger partial charge in [0.25, 0.3) is 0 Å². The molecule has 0 spiro atoms. The van der Waals surface area contributed by atoms with Gasteiger partial charge in [-0.3, -0.25) is 9.59 Å². The summed E-state index contributed by atoms with van der Waals surface area (Å²) in [6, 6.07) is 14.3. The van der Waals surface area contributed by atoms with Crippen LogP contribution in [0, 0.1) is 0 Å². The number of rotatable bonds is 12. The Morgan fingerprint density at radius 3 is 2.66 bits per heavy atom. The number of hydrogen-bond acceptors (Lipinski definition) is 4. The van der Waals surface area contributed by atoms with Crippen molar-refractivity contribution in [3.05, 3.63) is 64.1 Å². The molecule has 0 bridgehead atoms. The average Bonchev–Trinajstić information content (AvgIpc) is 2.87. The van der Waals surface area contributed by atoms with Gasteiger partial charge in [0.1, 0.15) is 5.75 Å². The highest BCUT2D eigenvalue weighted by Gasteiger charge is 2.54. The molecule has 1 fully saturated rings. The van der Waals surface area contributed by atoms with Crippen LogP contribution in [-0.2, 0) is 19.7 Å². The van der Waals surface area contributed by atoms with Gasteiger partial charge in [0.05, 0.1) is 18.1 Å². The summed E-state index contributed by atoms with van der Waals surface area (Å²) in [5.41, 5.74) is 0.362. The molecule has 0 saturated carbocycles. The van der Waals surface area contributed by atoms with Gasteiger partial charge in [-0.15, -0.1) is 0 Å². The third kappa shape index (κ3) is 6.25. The zero-order valence-corrected chi connectivity index (χ0v) is 22.4. The van der Waals surface area contributed by atoms with Crippen LogP contribution in [0.1, 0.15) is 69.5 Å². The summed E-state index contributed by atoms with van der Waals surface area (Å²) in [4.78, 5) is 29.3. The van der Waals surface area contributed by atoms with Crippen molar-refractivity contribution in [1.29, 1.82) is 0 Å². The second-order valence-corrected chi connectivity index (χ2v) is 9.96. The van der Waals surface area contributed by atoms with Crippen LogP contribution in [0.5, 0.6) is 5.75 Å². The molecule has 3 rings (SSSR count). The molecule has 2 aromatic carbocycles. The van der Waals surface area contributed by atoms with Crippen LogP contribution < -0.4 is 5.32 Å². The average molecular weight is 546 g/mol. The Morgan fingerprint density at radius 2 is 1.94 bits per heavy atom. The molecule has 2 aromatic rings. The highest BCUT2D eigenvalue weighted by molar-refractivity contribution is 9.10. The van der Waals surface area contributed by atoms with Crippen molar-refractivity contribution in [2.45, 2.75) is 63.8 Å². The van der Waals surface area contributed by atoms with E-state index in [9.17, 15) is 14.7 Å². The number of unbranched alkanes of at least 4 members (excludes halogenated alkanes) is 3. The molecule has 2 N–H and O–H groups in total. The van der Waals surface area contributed by atoms with Crippen molar-refractivity contribution < 1.29 is 19.4 Å². The molecule has 7 heteroatoms. The van der Waals surface area contributed by atoms with Gasteiger partial charge in [-0.2, -0.15) is 0 Å². The van der Waals surface area contributed by atoms with Crippen LogP contribution in [0.4, 0.5) is 0 Å². The van der Waals surface area contributed by atoms with Gasteiger partial charge < -0.3 is 20.1 Å². The number of carbonyl (C=O) groups excluding carboxylic acids is 2. The van der Waals surface area contributed by atoms with E-state index in [1.54, 1.807) is 12.1 Å². The van der Waals surface area contributed by atoms with Crippen LogP contribution in [0.25, 0.3) is 0 Å². The SMILES string of the molecule is CCCCCCN1C(=O)CCC(C(=O)NCCOCC)(c2ccccc2)C1c1cc(Br)ccc1O. The number of benzene rings is 2. The van der Waals surface area contributed by atoms with E-state index in [1.807, 2.05) is 48.2 Å². The van der Waals surface area contributed by atoms with E-state index < -0.39 is 11.5 Å². The number of halogens is 1. The number of ether oxygens (including phenoxy) is 1. The molecule has 2 amide bonds. The van der Waals surface area contributed by atoms with E-state index in [1.165, 1.54) is 0 Å². The molecule has 1 saturated heterocycles. The molecule has 0 aromatic heterocycles. The largest absolute Gasteiger partial charge is 0.508 e. The lowest BCUT2D eigenvalue weighted by Gasteiger charge is -2.49. The molecule has 1 heterocycles. The summed E-state index contributed by atoms with van der Waals surface area (Å²) in [5.74, 6) is -0.0627. The summed E-state index contributed by atoms with van der Waals surface area (Å²) in [6.07, 6.45) is 4.68. The number of amides is 2. The molecule has 35 heavy (non-hydrogen) atoms. The molecular formula is C28H37BrN2O4. The number of phenolic OH excluding ortho intramolecular Hbond substituents is 1. The van der Waals surface area contributed by atoms with E-state index in [0.29, 0.717) is 38.3 Å². The summed E-state index contributed by atoms with van der Waals surface area (Å²) < 4.78 is 6.23. The summed E-state index contributed by atoms with van der Waals surface area (Å²) in [5, 5.41) is 14.1. The number of phenols is 1. The topological polar surface area (TPSA) is 78.9 Å².